The summed E-state index contributed by atoms with van der Waals surface area (Å²) in [7, 11) is 0. The monoisotopic (exact) mass is 363 g/mol. The molecule has 0 saturated carbocycles. The van der Waals surface area contributed by atoms with E-state index in [1.54, 1.807) is 29.3 Å². The van der Waals surface area contributed by atoms with E-state index >= 15 is 0 Å². The highest BCUT2D eigenvalue weighted by atomic mass is 19.4. The maximum atomic E-state index is 13.1. The fourth-order valence-corrected chi connectivity index (χ4v) is 2.83. The zero-order valence-corrected chi connectivity index (χ0v) is 13.8. The van der Waals surface area contributed by atoms with E-state index in [1.165, 1.54) is 13.1 Å². The summed E-state index contributed by atoms with van der Waals surface area (Å²) in [5, 5.41) is 2.71. The van der Waals surface area contributed by atoms with Gasteiger partial charge in [-0.15, -0.1) is 6.58 Å². The smallest absolute Gasteiger partial charge is 0.383 e. The Morgan fingerprint density at radius 3 is 2.77 bits per heavy atom. The number of hydrogen-bond donors (Lipinski definition) is 2. The number of amides is 1. The highest BCUT2D eigenvalue weighted by Crippen LogP contribution is 2.35. The van der Waals surface area contributed by atoms with Gasteiger partial charge >= 0.3 is 6.18 Å². The van der Waals surface area contributed by atoms with Gasteiger partial charge in [-0.1, -0.05) is 6.08 Å². The molecule has 0 aromatic carbocycles. The first-order valence-electron chi connectivity index (χ1n) is 7.69. The molecule has 0 aliphatic carbocycles. The third kappa shape index (κ3) is 3.19. The number of rotatable bonds is 3. The van der Waals surface area contributed by atoms with Gasteiger partial charge in [-0.3, -0.25) is 4.79 Å². The largest absolute Gasteiger partial charge is 0.419 e. The third-order valence-corrected chi connectivity index (χ3v) is 4.02. The van der Waals surface area contributed by atoms with Crippen LogP contribution in [0.3, 0.4) is 0 Å². The van der Waals surface area contributed by atoms with Gasteiger partial charge in [0.2, 0.25) is 5.91 Å². The molecule has 1 aromatic rings. The first-order valence-corrected chi connectivity index (χ1v) is 7.69. The molecule has 0 fully saturated rings. The minimum Gasteiger partial charge on any atom is -0.383 e. The number of amidine groups is 1. The van der Waals surface area contributed by atoms with Crippen LogP contribution >= 0.6 is 0 Å². The quantitative estimate of drug-likeness (QED) is 0.808. The summed E-state index contributed by atoms with van der Waals surface area (Å²) in [6, 6.07) is 0.614. The number of carbonyl (C=O) groups is 1. The van der Waals surface area contributed by atoms with Crippen molar-refractivity contribution in [3.05, 3.63) is 54.4 Å². The van der Waals surface area contributed by atoms with Crippen molar-refractivity contribution < 1.29 is 18.0 Å². The molecule has 2 aliphatic rings. The molecule has 0 bridgehead atoms. The Kier molecular flexibility index (Phi) is 4.31. The molecular weight excluding hydrogens is 347 g/mol. The van der Waals surface area contributed by atoms with Crippen molar-refractivity contribution in [2.75, 3.05) is 5.73 Å². The Morgan fingerprint density at radius 1 is 1.42 bits per heavy atom. The van der Waals surface area contributed by atoms with Crippen molar-refractivity contribution in [3.63, 3.8) is 0 Å². The minimum absolute atomic E-state index is 0.239. The topological polar surface area (TPSA) is 83.6 Å². The van der Waals surface area contributed by atoms with E-state index in [4.69, 9.17) is 5.73 Å². The zero-order valence-electron chi connectivity index (χ0n) is 13.8. The molecule has 26 heavy (non-hydrogen) atoms. The minimum atomic E-state index is -4.59. The van der Waals surface area contributed by atoms with E-state index in [0.717, 1.165) is 6.07 Å². The lowest BCUT2D eigenvalue weighted by molar-refractivity contribution is -0.137. The zero-order chi connectivity index (χ0) is 19.1. The molecule has 6 nitrogen and oxygen atoms in total. The van der Waals surface area contributed by atoms with Crippen LogP contribution in [0.2, 0.25) is 0 Å². The lowest BCUT2D eigenvalue weighted by Gasteiger charge is -2.27. The third-order valence-electron chi connectivity index (χ3n) is 4.02. The van der Waals surface area contributed by atoms with Gasteiger partial charge in [-0.05, 0) is 23.8 Å². The second-order valence-corrected chi connectivity index (χ2v) is 5.84. The number of nitrogens with zero attached hydrogens (tertiary/aromatic N) is 3. The van der Waals surface area contributed by atoms with Gasteiger partial charge in [-0.25, -0.2) is 9.98 Å². The highest BCUT2D eigenvalue weighted by molar-refractivity contribution is 6.01. The number of aromatic nitrogens is 1. The summed E-state index contributed by atoms with van der Waals surface area (Å²) in [5.41, 5.74) is 5.14. The molecule has 0 radical (unpaired) electrons. The fourth-order valence-electron chi connectivity index (χ4n) is 2.83. The number of nitrogen functional groups attached to an aromatic ring is 1. The summed E-state index contributed by atoms with van der Waals surface area (Å²) >= 11 is 0. The van der Waals surface area contributed by atoms with Gasteiger partial charge in [-0.2, -0.15) is 13.2 Å². The summed E-state index contributed by atoms with van der Waals surface area (Å²) in [5.74, 6) is -0.228. The van der Waals surface area contributed by atoms with Crippen molar-refractivity contribution in [1.29, 1.82) is 0 Å². The fraction of sp³-hybridized carbons (Fsp3) is 0.235. The average Bonchev–Trinajstić information content (AvgIpc) is 2.89. The number of carbonyl (C=O) groups excluding carboxylic acids is 1. The number of halogens is 3. The van der Waals surface area contributed by atoms with Crippen LogP contribution in [0.4, 0.5) is 19.0 Å². The molecule has 2 atom stereocenters. The number of fused-ring (bicyclic) bond motifs is 1. The second kappa shape index (κ2) is 6.32. The van der Waals surface area contributed by atoms with Crippen molar-refractivity contribution in [1.82, 2.24) is 15.2 Å². The maximum Gasteiger partial charge on any atom is 0.419 e. The van der Waals surface area contributed by atoms with Crippen LogP contribution in [0.5, 0.6) is 0 Å². The summed E-state index contributed by atoms with van der Waals surface area (Å²) in [6.45, 7) is 5.13. The molecule has 0 spiro atoms. The van der Waals surface area contributed by atoms with E-state index in [1.807, 2.05) is 0 Å². The van der Waals surface area contributed by atoms with Crippen LogP contribution in [0, 0.1) is 0 Å². The highest BCUT2D eigenvalue weighted by Gasteiger charge is 2.36. The standard InChI is InChI=1S/C17H16F3N5O/c1-3-13-16(23-9(2)26)24-14-5-4-10(8-25(13)14)11-6-12(17(18,19)20)15(21)22-7-11/h3-8,13,16H,1H2,2H3,(H2,21,22)(H,23,26). The number of aliphatic imine (C=N–C) groups is 1. The summed E-state index contributed by atoms with van der Waals surface area (Å²) in [6.07, 6.45) is 2.75. The molecular formula is C17H16F3N5O. The van der Waals surface area contributed by atoms with E-state index in [9.17, 15) is 18.0 Å². The number of allylic oxidation sites excluding steroid dienone is 2. The number of nitrogens with two attached hydrogens (primary N) is 1. The molecule has 0 saturated heterocycles. The van der Waals surface area contributed by atoms with Crippen molar-refractivity contribution in [2.45, 2.75) is 25.3 Å². The summed E-state index contributed by atoms with van der Waals surface area (Å²) < 4.78 is 39.2. The van der Waals surface area contributed by atoms with Crippen LogP contribution in [0.1, 0.15) is 18.1 Å². The van der Waals surface area contributed by atoms with Gasteiger partial charge in [0.15, 0.2) is 0 Å². The Hall–Kier alpha value is -3.10. The summed E-state index contributed by atoms with van der Waals surface area (Å²) in [4.78, 5) is 21.1. The number of alkyl halides is 3. The van der Waals surface area contributed by atoms with E-state index in [0.29, 0.717) is 11.4 Å². The van der Waals surface area contributed by atoms with Crippen molar-refractivity contribution in [3.8, 4) is 0 Å². The molecule has 2 aliphatic heterocycles. The molecule has 3 rings (SSSR count). The SMILES string of the molecule is C=CC1C(NC(C)=O)N=C2C=CC(c3cnc(N)c(C(F)(F)F)c3)=CN21. The normalized spacial score (nSPS) is 21.8. The Labute approximate surface area is 147 Å². The van der Waals surface area contributed by atoms with Crippen molar-refractivity contribution >= 4 is 23.1 Å². The van der Waals surface area contributed by atoms with Gasteiger partial charge in [0.25, 0.3) is 0 Å². The van der Waals surface area contributed by atoms with Crippen LogP contribution in [-0.4, -0.2) is 33.8 Å². The van der Waals surface area contributed by atoms with E-state index < -0.39 is 23.7 Å². The average molecular weight is 363 g/mol. The Balaban J connectivity index is 1.96. The number of hydrogen-bond acceptors (Lipinski definition) is 5. The van der Waals surface area contributed by atoms with E-state index in [-0.39, 0.29) is 17.5 Å². The molecule has 3 heterocycles. The van der Waals surface area contributed by atoms with E-state index in [2.05, 4.69) is 21.9 Å². The predicted molar refractivity (Wildman–Crippen MR) is 91.6 cm³/mol. The number of pyridine rings is 1. The van der Waals surface area contributed by atoms with Crippen LogP contribution < -0.4 is 11.1 Å². The Morgan fingerprint density at radius 2 is 2.15 bits per heavy atom. The second-order valence-electron chi connectivity index (χ2n) is 5.84. The molecule has 1 amide bonds. The first-order chi connectivity index (χ1) is 12.2. The number of nitrogens with one attached hydrogen (secondary N) is 1. The van der Waals surface area contributed by atoms with Gasteiger partial charge in [0.1, 0.15) is 17.8 Å². The lowest BCUT2D eigenvalue weighted by Crippen LogP contribution is -2.43. The molecule has 3 N–H and O–H groups in total. The van der Waals surface area contributed by atoms with Crippen LogP contribution in [0.15, 0.2) is 48.3 Å². The van der Waals surface area contributed by atoms with Gasteiger partial charge < -0.3 is 16.0 Å². The van der Waals surface area contributed by atoms with Crippen LogP contribution in [0.25, 0.3) is 5.57 Å². The predicted octanol–water partition coefficient (Wildman–Crippen LogP) is 2.32. The molecule has 9 heteroatoms. The molecule has 2 unspecified atom stereocenters. The van der Waals surface area contributed by atoms with Crippen LogP contribution in [-0.2, 0) is 11.0 Å². The lowest BCUT2D eigenvalue weighted by atomic mass is 10.0. The number of anilines is 1. The molecule has 1 aromatic heterocycles. The van der Waals surface area contributed by atoms with Gasteiger partial charge in [0, 0.05) is 24.9 Å². The van der Waals surface area contributed by atoms with Gasteiger partial charge in [0.05, 0.1) is 11.6 Å². The molecule has 136 valence electrons. The van der Waals surface area contributed by atoms with Crippen molar-refractivity contribution in [2.24, 2.45) is 4.99 Å². The maximum absolute atomic E-state index is 13.1. The Bertz CT molecular complexity index is 856. The first kappa shape index (κ1) is 17.7.